The molecule has 0 aromatic heterocycles. The van der Waals surface area contributed by atoms with Crippen LogP contribution in [0.25, 0.3) is 0 Å². The Balaban J connectivity index is 0. The average Bonchev–Trinajstić information content (AvgIpc) is 2.05. The predicted molar refractivity (Wildman–Crippen MR) is 47.1 cm³/mol. The van der Waals surface area contributed by atoms with Gasteiger partial charge in [0.15, 0.2) is 12.2 Å². The van der Waals surface area contributed by atoms with Crippen LogP contribution in [-0.4, -0.2) is 87.3 Å². The summed E-state index contributed by atoms with van der Waals surface area (Å²) in [6.45, 7) is 0. The van der Waals surface area contributed by atoms with Gasteiger partial charge in [0.1, 0.15) is 0 Å². The van der Waals surface area contributed by atoms with Gasteiger partial charge in [0.2, 0.25) is 0 Å². The average molecular weight is 316 g/mol. The monoisotopic (exact) mass is 316 g/mol. The van der Waals surface area contributed by atoms with Crippen molar-refractivity contribution in [3.05, 3.63) is 0 Å². The van der Waals surface area contributed by atoms with Crippen molar-refractivity contribution >= 4 is 65.9 Å². The maximum absolute atomic E-state index is 9.77. The second-order valence-electron chi connectivity index (χ2n) is 1.57. The molecule has 0 bridgehead atoms. The van der Waals surface area contributed by atoms with Crippen LogP contribution >= 0.6 is 11.3 Å². The van der Waals surface area contributed by atoms with Crippen molar-refractivity contribution in [2.45, 2.75) is 12.2 Å². The minimum absolute atomic E-state index is 1.03. The van der Waals surface area contributed by atoms with E-state index < -0.39 is 24.1 Å². The van der Waals surface area contributed by atoms with Gasteiger partial charge in [-0.25, -0.2) is 9.59 Å². The normalized spacial score (nSPS) is 13.8. The van der Waals surface area contributed by atoms with Crippen LogP contribution in [0.4, 0.5) is 0 Å². The fourth-order valence-corrected chi connectivity index (χ4v) is 0.270. The number of aliphatic hydroxyl groups excluding tert-OH is 2. The fraction of sp³-hybridized carbons (Fsp3) is 0.500. The van der Waals surface area contributed by atoms with Crippen molar-refractivity contribution in [3.63, 3.8) is 0 Å². The van der Waals surface area contributed by atoms with Crippen LogP contribution in [0.3, 0.4) is 0 Å². The summed E-state index contributed by atoms with van der Waals surface area (Å²) in [6.07, 6.45) is -4.53. The van der Waals surface area contributed by atoms with E-state index in [2.05, 4.69) is 11.3 Å². The van der Waals surface area contributed by atoms with Gasteiger partial charge in [0.25, 0.3) is 0 Å². The standard InChI is InChI=1S/C4H6O6.HI.K/c5-1(3(7)8)2(6)4(9)10;;/h1-2,5-6H,(H,7,8)(H,9,10);1H;/q;;+1/p-1. The molecular weight excluding hydrogens is 310 g/mol. The number of aliphatic carboxylic acids is 2. The molecule has 0 aromatic carbocycles. The molecule has 0 aliphatic rings. The van der Waals surface area contributed by atoms with E-state index in [1.54, 1.807) is 0 Å². The molecule has 12 heavy (non-hydrogen) atoms. The van der Waals surface area contributed by atoms with E-state index in [9.17, 15) is 9.59 Å². The van der Waals surface area contributed by atoms with E-state index in [1.807, 2.05) is 0 Å². The summed E-state index contributed by atoms with van der Waals surface area (Å²) in [5.74, 6) is -3.54. The third-order valence-electron chi connectivity index (χ3n) is 0.805. The van der Waals surface area contributed by atoms with Crippen molar-refractivity contribution in [1.29, 1.82) is 0 Å². The maximum atomic E-state index is 9.77. The van der Waals surface area contributed by atoms with E-state index in [0.29, 0.717) is 0 Å². The van der Waals surface area contributed by atoms with Gasteiger partial charge in [-0.1, -0.05) is 0 Å². The van der Waals surface area contributed by atoms with Crippen molar-refractivity contribution < 1.29 is 30.0 Å². The molecule has 0 aromatic rings. The molecule has 2 unspecified atom stereocenters. The second-order valence-corrected chi connectivity index (χ2v) is 1.57. The topological polar surface area (TPSA) is 115 Å². The first kappa shape index (κ1) is 15.7. The zero-order valence-corrected chi connectivity index (χ0v) is 11.4. The molecule has 4 N–H and O–H groups in total. The first-order chi connectivity index (χ1) is 5.46. The molecule has 6 nitrogen and oxygen atoms in total. The van der Waals surface area contributed by atoms with Crippen LogP contribution in [0.5, 0.6) is 0 Å². The molecule has 0 saturated carbocycles. The van der Waals surface area contributed by atoms with Crippen LogP contribution in [0.1, 0.15) is 0 Å². The Labute approximate surface area is 106 Å². The van der Waals surface area contributed by atoms with Gasteiger partial charge in [-0.15, -0.1) is 0 Å². The molecule has 0 spiro atoms. The van der Waals surface area contributed by atoms with Gasteiger partial charge < -0.3 is 20.4 Å². The zero-order chi connectivity index (χ0) is 10.3. The van der Waals surface area contributed by atoms with E-state index >= 15 is 0 Å². The molecule has 0 saturated heterocycles. The molecular formula is C4H6IKO6. The number of halogens is 1. The molecule has 0 rings (SSSR count). The Morgan fingerprint density at radius 1 is 1.00 bits per heavy atom. The molecule has 66 valence electrons. The van der Waals surface area contributed by atoms with Gasteiger partial charge in [-0.05, 0) is 0 Å². The molecule has 0 aliphatic heterocycles. The summed E-state index contributed by atoms with van der Waals surface area (Å²) >= 11 is 3.37. The Bertz CT molecular complexity index is 144. The number of aliphatic hydroxyl groups is 2. The van der Waals surface area contributed by atoms with Crippen LogP contribution in [-0.2, 0) is 9.59 Å². The number of rotatable bonds is 3. The summed E-state index contributed by atoms with van der Waals surface area (Å²) in [5, 5.41) is 32.5. The summed E-state index contributed by atoms with van der Waals surface area (Å²) in [6, 6.07) is 0. The molecule has 0 fully saturated rings. The second kappa shape index (κ2) is 8.81. The van der Waals surface area contributed by atoms with E-state index in [1.165, 1.54) is 0 Å². The van der Waals surface area contributed by atoms with Gasteiger partial charge in [0.05, 0.1) is 0 Å². The summed E-state index contributed by atoms with van der Waals surface area (Å²) < 4.78 is 0. The molecule has 0 aliphatic carbocycles. The number of carboxylic acids is 2. The third kappa shape index (κ3) is 6.71. The molecule has 0 amide bonds. The van der Waals surface area contributed by atoms with Crippen LogP contribution in [0.2, 0.25) is 0 Å². The molecule has 0 radical (unpaired) electrons. The van der Waals surface area contributed by atoms with Crippen molar-refractivity contribution in [2.75, 3.05) is 0 Å². The fourth-order valence-electron chi connectivity index (χ4n) is 0.270. The van der Waals surface area contributed by atoms with Crippen LogP contribution in [0, 0.1) is 0 Å². The first-order valence-electron chi connectivity index (χ1n) is 2.66. The SMILES string of the molecule is O=C(O)C(O)C(O)C(=O)O.[K][I]. The number of hydrogen-bond donors (Lipinski definition) is 4. The number of carboxylic acid groups (broad SMARTS) is 2. The third-order valence-corrected chi connectivity index (χ3v) is 0.805. The van der Waals surface area contributed by atoms with E-state index in [0.717, 1.165) is 42.7 Å². The van der Waals surface area contributed by atoms with Crippen LogP contribution < -0.4 is 0 Å². The molecule has 8 heteroatoms. The van der Waals surface area contributed by atoms with Gasteiger partial charge in [-0.3, -0.25) is 0 Å². The zero-order valence-electron chi connectivity index (χ0n) is 6.14. The summed E-state index contributed by atoms with van der Waals surface area (Å²) in [4.78, 5) is 19.5. The summed E-state index contributed by atoms with van der Waals surface area (Å²) in [7, 11) is 0. The Kier molecular flexibility index (Phi) is 11.5. The first-order valence-corrected chi connectivity index (χ1v) is 12.7. The van der Waals surface area contributed by atoms with E-state index in [4.69, 9.17) is 20.4 Å². The minimum atomic E-state index is -2.27. The number of carbonyl (C=O) groups is 2. The Hall–Kier alpha value is 1.23. The van der Waals surface area contributed by atoms with E-state index in [-0.39, 0.29) is 0 Å². The van der Waals surface area contributed by atoms with Gasteiger partial charge in [-0.2, -0.15) is 0 Å². The van der Waals surface area contributed by atoms with Gasteiger partial charge in [0, 0.05) is 0 Å². The van der Waals surface area contributed by atoms with Crippen molar-refractivity contribution in [3.8, 4) is 0 Å². The number of hydrogen-bond acceptors (Lipinski definition) is 4. The van der Waals surface area contributed by atoms with Gasteiger partial charge >= 0.3 is 65.9 Å². The summed E-state index contributed by atoms with van der Waals surface area (Å²) in [5.41, 5.74) is 0. The Morgan fingerprint density at radius 3 is 1.25 bits per heavy atom. The predicted octanol–water partition coefficient (Wildman–Crippen LogP) is -1.62. The molecule has 0 heterocycles. The Morgan fingerprint density at radius 2 is 1.17 bits per heavy atom. The van der Waals surface area contributed by atoms with Crippen LogP contribution in [0.15, 0.2) is 0 Å². The quantitative estimate of drug-likeness (QED) is 0.368. The van der Waals surface area contributed by atoms with Crippen molar-refractivity contribution in [1.82, 2.24) is 0 Å². The molecule has 2 atom stereocenters. The van der Waals surface area contributed by atoms with Crippen molar-refractivity contribution in [2.24, 2.45) is 0 Å².